The fraction of sp³-hybridized carbons (Fsp3) is 0.364. The monoisotopic (exact) mass is 276 g/mol. The summed E-state index contributed by atoms with van der Waals surface area (Å²) < 4.78 is 1.22. The number of amides is 1. The topological polar surface area (TPSA) is 95.1 Å². The second-order valence-electron chi connectivity index (χ2n) is 4.44. The minimum Gasteiger partial charge on any atom is -0.292 e. The van der Waals surface area contributed by atoms with Crippen molar-refractivity contribution in [1.82, 2.24) is 24.9 Å². The first-order valence-corrected chi connectivity index (χ1v) is 6.07. The van der Waals surface area contributed by atoms with E-state index in [0.717, 1.165) is 12.8 Å². The van der Waals surface area contributed by atoms with Gasteiger partial charge < -0.3 is 0 Å². The number of hydrogen-bond donors (Lipinski definition) is 0. The maximum Gasteiger partial charge on any atom is 0.440 e. The number of rotatable bonds is 3. The molecule has 2 aromatic heterocycles. The zero-order valence-electron chi connectivity index (χ0n) is 10.7. The number of hydrogen-bond acceptors (Lipinski definition) is 6. The molecule has 2 aromatic rings. The first-order valence-electron chi connectivity index (χ1n) is 6.07. The van der Waals surface area contributed by atoms with Crippen LogP contribution in [0.15, 0.2) is 29.3 Å². The third kappa shape index (κ3) is 2.25. The van der Waals surface area contributed by atoms with Crippen molar-refractivity contribution in [2.75, 3.05) is 11.9 Å². The molecule has 1 saturated carbocycles. The molecule has 9 heteroatoms. The molecule has 1 aliphatic rings. The van der Waals surface area contributed by atoms with Crippen LogP contribution < -0.4 is 15.4 Å². The molecule has 1 amide bonds. The summed E-state index contributed by atoms with van der Waals surface area (Å²) in [5.41, 5.74) is -0.0134. The lowest BCUT2D eigenvalue weighted by molar-refractivity contribution is 0.115. The van der Waals surface area contributed by atoms with Crippen LogP contribution >= 0.6 is 0 Å². The highest BCUT2D eigenvalue weighted by atomic mass is 16.7. The molecule has 0 aliphatic heterocycles. The minimum atomic E-state index is -0.747. The zero-order chi connectivity index (χ0) is 14.1. The fourth-order valence-corrected chi connectivity index (χ4v) is 1.64. The maximum absolute atomic E-state index is 11.9. The van der Waals surface area contributed by atoms with E-state index < -0.39 is 11.8 Å². The smallest absolute Gasteiger partial charge is 0.292 e. The molecular formula is C11H12N6O3. The SMILES string of the molecule is CN(C(=O)On1nnn(C2CC2)c1=O)c1cccnc1. The van der Waals surface area contributed by atoms with Gasteiger partial charge in [0.25, 0.3) is 0 Å². The lowest BCUT2D eigenvalue weighted by Gasteiger charge is -2.14. The van der Waals surface area contributed by atoms with E-state index in [4.69, 9.17) is 4.84 Å². The van der Waals surface area contributed by atoms with Crippen LogP contribution in [0.1, 0.15) is 18.9 Å². The quantitative estimate of drug-likeness (QED) is 0.724. The Morgan fingerprint density at radius 1 is 1.45 bits per heavy atom. The highest BCUT2D eigenvalue weighted by molar-refractivity contribution is 5.86. The predicted molar refractivity (Wildman–Crippen MR) is 67.2 cm³/mol. The van der Waals surface area contributed by atoms with E-state index in [1.807, 2.05) is 0 Å². The van der Waals surface area contributed by atoms with Crippen molar-refractivity contribution in [3.05, 3.63) is 35.0 Å². The Bertz CT molecular complexity index is 675. The molecular weight excluding hydrogens is 264 g/mol. The van der Waals surface area contributed by atoms with Crippen molar-refractivity contribution in [2.45, 2.75) is 18.9 Å². The van der Waals surface area contributed by atoms with Gasteiger partial charge in [-0.1, -0.05) is 0 Å². The van der Waals surface area contributed by atoms with Crippen LogP contribution in [-0.2, 0) is 0 Å². The molecule has 1 fully saturated rings. The van der Waals surface area contributed by atoms with Crippen molar-refractivity contribution in [3.63, 3.8) is 0 Å². The van der Waals surface area contributed by atoms with E-state index in [0.29, 0.717) is 10.5 Å². The standard InChI is InChI=1S/C11H12N6O3/c1-15(9-3-2-6-12-7-9)11(19)20-17-10(18)16(13-14-17)8-4-5-8/h2-3,6-8H,4-5H2,1H3. The summed E-state index contributed by atoms with van der Waals surface area (Å²) in [7, 11) is 1.51. The summed E-state index contributed by atoms with van der Waals surface area (Å²) in [6.07, 6.45) is 4.13. The summed E-state index contributed by atoms with van der Waals surface area (Å²) in [6.45, 7) is 0. The van der Waals surface area contributed by atoms with Crippen LogP contribution in [0.5, 0.6) is 0 Å². The molecule has 9 nitrogen and oxygen atoms in total. The van der Waals surface area contributed by atoms with Gasteiger partial charge in [0, 0.05) is 13.2 Å². The van der Waals surface area contributed by atoms with Gasteiger partial charge in [-0.2, -0.15) is 4.68 Å². The molecule has 0 aromatic carbocycles. The largest absolute Gasteiger partial charge is 0.440 e. The van der Waals surface area contributed by atoms with Gasteiger partial charge in [0.15, 0.2) is 0 Å². The second-order valence-corrected chi connectivity index (χ2v) is 4.44. The average molecular weight is 276 g/mol. The molecule has 2 heterocycles. The Hall–Kier alpha value is -2.71. The van der Waals surface area contributed by atoms with Gasteiger partial charge in [-0.15, -0.1) is 0 Å². The Morgan fingerprint density at radius 2 is 2.25 bits per heavy atom. The van der Waals surface area contributed by atoms with E-state index in [2.05, 4.69) is 15.4 Å². The number of nitrogens with zero attached hydrogens (tertiary/aromatic N) is 6. The Kier molecular flexibility index (Phi) is 2.93. The molecule has 0 saturated heterocycles. The van der Waals surface area contributed by atoms with Gasteiger partial charge in [0.2, 0.25) is 0 Å². The lowest BCUT2D eigenvalue weighted by Crippen LogP contribution is -2.39. The summed E-state index contributed by atoms with van der Waals surface area (Å²) >= 11 is 0. The van der Waals surface area contributed by atoms with Crippen molar-refractivity contribution in [2.24, 2.45) is 0 Å². The van der Waals surface area contributed by atoms with Crippen LogP contribution in [0, 0.1) is 0 Å². The van der Waals surface area contributed by atoms with Crippen molar-refractivity contribution < 1.29 is 9.63 Å². The molecule has 20 heavy (non-hydrogen) atoms. The molecule has 1 aliphatic carbocycles. The molecule has 3 rings (SSSR count). The molecule has 0 unspecified atom stereocenters. The first-order chi connectivity index (χ1) is 9.66. The molecule has 0 bridgehead atoms. The van der Waals surface area contributed by atoms with Crippen molar-refractivity contribution in [3.8, 4) is 0 Å². The van der Waals surface area contributed by atoms with Gasteiger partial charge in [-0.25, -0.2) is 9.59 Å². The first kappa shape index (κ1) is 12.3. The average Bonchev–Trinajstić information content (AvgIpc) is 3.25. The van der Waals surface area contributed by atoms with Crippen molar-refractivity contribution >= 4 is 11.8 Å². The van der Waals surface area contributed by atoms with E-state index in [1.165, 1.54) is 22.8 Å². The van der Waals surface area contributed by atoms with Crippen LogP contribution in [-0.4, -0.2) is 38.1 Å². The third-order valence-electron chi connectivity index (χ3n) is 2.94. The van der Waals surface area contributed by atoms with E-state index >= 15 is 0 Å². The highest BCUT2D eigenvalue weighted by Gasteiger charge is 2.29. The number of tetrazole rings is 1. The van der Waals surface area contributed by atoms with Gasteiger partial charge in [0.05, 0.1) is 17.9 Å². The van der Waals surface area contributed by atoms with Crippen LogP contribution in [0.25, 0.3) is 0 Å². The number of carbonyl (C=O) groups is 1. The van der Waals surface area contributed by atoms with Gasteiger partial charge in [-0.05, 0) is 40.2 Å². The normalized spacial score (nSPS) is 14.1. The zero-order valence-corrected chi connectivity index (χ0v) is 10.7. The van der Waals surface area contributed by atoms with Crippen molar-refractivity contribution in [1.29, 1.82) is 0 Å². The second kappa shape index (κ2) is 4.76. The van der Waals surface area contributed by atoms with E-state index in [9.17, 15) is 9.59 Å². The third-order valence-corrected chi connectivity index (χ3v) is 2.94. The molecule has 0 spiro atoms. The molecule has 0 atom stereocenters. The highest BCUT2D eigenvalue weighted by Crippen LogP contribution is 2.32. The summed E-state index contributed by atoms with van der Waals surface area (Å²) in [5.74, 6) is 0. The summed E-state index contributed by atoms with van der Waals surface area (Å²) in [5, 5.41) is 7.20. The predicted octanol–water partition coefficient (Wildman–Crippen LogP) is -0.145. The molecule has 0 radical (unpaired) electrons. The maximum atomic E-state index is 11.9. The van der Waals surface area contributed by atoms with Gasteiger partial charge in [0.1, 0.15) is 0 Å². The van der Waals surface area contributed by atoms with Gasteiger partial charge >= 0.3 is 11.8 Å². The number of pyridine rings is 1. The molecule has 104 valence electrons. The van der Waals surface area contributed by atoms with E-state index in [1.54, 1.807) is 18.3 Å². The fourth-order valence-electron chi connectivity index (χ4n) is 1.64. The Balaban J connectivity index is 1.74. The minimum absolute atomic E-state index is 0.0750. The lowest BCUT2D eigenvalue weighted by atomic mass is 10.4. The van der Waals surface area contributed by atoms with Gasteiger partial charge in [-0.3, -0.25) is 14.7 Å². The number of carbonyl (C=O) groups excluding carboxylic acids is 1. The van der Waals surface area contributed by atoms with Crippen LogP contribution in [0.2, 0.25) is 0 Å². The Morgan fingerprint density at radius 3 is 2.90 bits per heavy atom. The summed E-state index contributed by atoms with van der Waals surface area (Å²) in [4.78, 5) is 34.3. The Labute approximate surface area is 113 Å². The molecule has 0 N–H and O–H groups in total. The van der Waals surface area contributed by atoms with Crippen LogP contribution in [0.4, 0.5) is 10.5 Å². The summed E-state index contributed by atoms with van der Waals surface area (Å²) in [6, 6.07) is 3.46. The number of aromatic nitrogens is 5. The van der Waals surface area contributed by atoms with E-state index in [-0.39, 0.29) is 6.04 Å². The van der Waals surface area contributed by atoms with Crippen LogP contribution in [0.3, 0.4) is 0 Å². The number of anilines is 1.